The van der Waals surface area contributed by atoms with E-state index < -0.39 is 0 Å². The summed E-state index contributed by atoms with van der Waals surface area (Å²) in [4.78, 5) is 23.9. The first-order chi connectivity index (χ1) is 9.00. The molecule has 1 heterocycles. The van der Waals surface area contributed by atoms with Crippen molar-refractivity contribution >= 4 is 11.6 Å². The van der Waals surface area contributed by atoms with Crippen LogP contribution in [-0.4, -0.2) is 28.3 Å². The van der Waals surface area contributed by atoms with Gasteiger partial charge < -0.3 is 5.73 Å². The third-order valence-electron chi connectivity index (χ3n) is 3.68. The number of benzene rings is 1. The van der Waals surface area contributed by atoms with Crippen molar-refractivity contribution in [1.82, 2.24) is 4.90 Å². The molecular formula is C13H17N3O3. The molecule has 0 aliphatic carbocycles. The van der Waals surface area contributed by atoms with Crippen LogP contribution in [0.1, 0.15) is 24.0 Å². The summed E-state index contributed by atoms with van der Waals surface area (Å²) in [5, 5.41) is 10.9. The fourth-order valence-corrected chi connectivity index (χ4v) is 2.60. The molecule has 0 bridgehead atoms. The van der Waals surface area contributed by atoms with Crippen molar-refractivity contribution in [3.63, 3.8) is 0 Å². The summed E-state index contributed by atoms with van der Waals surface area (Å²) in [7, 11) is 0. The van der Waals surface area contributed by atoms with Crippen molar-refractivity contribution in [3.05, 3.63) is 39.4 Å². The molecule has 0 spiro atoms. The highest BCUT2D eigenvalue weighted by molar-refractivity contribution is 5.80. The van der Waals surface area contributed by atoms with Crippen molar-refractivity contribution in [2.24, 2.45) is 5.73 Å². The zero-order valence-corrected chi connectivity index (χ0v) is 10.8. The summed E-state index contributed by atoms with van der Waals surface area (Å²) in [6, 6.07) is 4.78. The molecule has 1 atom stereocenters. The number of nitro benzene ring substituents is 1. The molecule has 1 saturated heterocycles. The number of nitrogens with zero attached hydrogens (tertiary/aromatic N) is 2. The molecular weight excluding hydrogens is 246 g/mol. The number of nitro groups is 1. The fraction of sp³-hybridized carbons (Fsp3) is 0.462. The van der Waals surface area contributed by atoms with Gasteiger partial charge in [-0.3, -0.25) is 19.8 Å². The first-order valence-corrected chi connectivity index (χ1v) is 6.27. The molecule has 0 aromatic heterocycles. The van der Waals surface area contributed by atoms with Gasteiger partial charge in [0, 0.05) is 18.2 Å². The predicted octanol–water partition coefficient (Wildman–Crippen LogP) is 1.35. The van der Waals surface area contributed by atoms with Gasteiger partial charge >= 0.3 is 0 Å². The summed E-state index contributed by atoms with van der Waals surface area (Å²) in [6.07, 6.45) is 1.70. The van der Waals surface area contributed by atoms with Crippen LogP contribution in [0, 0.1) is 17.0 Å². The van der Waals surface area contributed by atoms with E-state index in [1.165, 1.54) is 6.07 Å². The van der Waals surface area contributed by atoms with Crippen molar-refractivity contribution in [1.29, 1.82) is 0 Å². The van der Waals surface area contributed by atoms with Gasteiger partial charge in [0.05, 0.1) is 11.0 Å². The SMILES string of the molecule is Cc1c(CN2CCCC2C(N)=O)cccc1[N+](=O)[O-]. The number of hydrogen-bond acceptors (Lipinski definition) is 4. The Morgan fingerprint density at radius 3 is 2.95 bits per heavy atom. The normalized spacial score (nSPS) is 19.5. The minimum atomic E-state index is -0.381. The van der Waals surface area contributed by atoms with Crippen LogP contribution in [0.5, 0.6) is 0 Å². The number of primary amides is 1. The van der Waals surface area contributed by atoms with E-state index in [1.807, 2.05) is 11.0 Å². The molecule has 6 heteroatoms. The molecule has 2 N–H and O–H groups in total. The number of likely N-dealkylation sites (tertiary alicyclic amines) is 1. The molecule has 1 aromatic carbocycles. The molecule has 1 amide bonds. The molecule has 102 valence electrons. The molecule has 1 aromatic rings. The number of hydrogen-bond donors (Lipinski definition) is 1. The van der Waals surface area contributed by atoms with Crippen LogP contribution in [-0.2, 0) is 11.3 Å². The van der Waals surface area contributed by atoms with Crippen LogP contribution in [0.2, 0.25) is 0 Å². The van der Waals surface area contributed by atoms with Crippen molar-refractivity contribution in [2.45, 2.75) is 32.4 Å². The Hall–Kier alpha value is -1.95. The Morgan fingerprint density at radius 1 is 1.58 bits per heavy atom. The maximum absolute atomic E-state index is 11.3. The third-order valence-corrected chi connectivity index (χ3v) is 3.68. The predicted molar refractivity (Wildman–Crippen MR) is 70.5 cm³/mol. The highest BCUT2D eigenvalue weighted by Gasteiger charge is 2.29. The van der Waals surface area contributed by atoms with Gasteiger partial charge in [0.15, 0.2) is 0 Å². The van der Waals surface area contributed by atoms with Gasteiger partial charge in [-0.2, -0.15) is 0 Å². The lowest BCUT2D eigenvalue weighted by atomic mass is 10.1. The van der Waals surface area contributed by atoms with E-state index in [0.717, 1.165) is 24.9 Å². The second-order valence-corrected chi connectivity index (χ2v) is 4.85. The van der Waals surface area contributed by atoms with Crippen LogP contribution >= 0.6 is 0 Å². The van der Waals surface area contributed by atoms with Gasteiger partial charge in [-0.15, -0.1) is 0 Å². The number of rotatable bonds is 4. The summed E-state index contributed by atoms with van der Waals surface area (Å²) >= 11 is 0. The summed E-state index contributed by atoms with van der Waals surface area (Å²) in [5.41, 5.74) is 7.02. The highest BCUT2D eigenvalue weighted by atomic mass is 16.6. The van der Waals surface area contributed by atoms with Crippen LogP contribution in [0.15, 0.2) is 18.2 Å². The van der Waals surface area contributed by atoms with E-state index in [1.54, 1.807) is 13.0 Å². The summed E-state index contributed by atoms with van der Waals surface area (Å²) < 4.78 is 0. The molecule has 1 aliphatic heterocycles. The molecule has 1 fully saturated rings. The van der Waals surface area contributed by atoms with Gasteiger partial charge in [0.2, 0.25) is 5.91 Å². The van der Waals surface area contributed by atoms with Crippen LogP contribution < -0.4 is 5.73 Å². The van der Waals surface area contributed by atoms with Crippen LogP contribution in [0.4, 0.5) is 5.69 Å². The smallest absolute Gasteiger partial charge is 0.272 e. The largest absolute Gasteiger partial charge is 0.368 e. The minimum Gasteiger partial charge on any atom is -0.368 e. The van der Waals surface area contributed by atoms with E-state index in [-0.39, 0.29) is 22.6 Å². The lowest BCUT2D eigenvalue weighted by Crippen LogP contribution is -2.39. The average molecular weight is 263 g/mol. The summed E-state index contributed by atoms with van der Waals surface area (Å²) in [6.45, 7) is 3.07. The highest BCUT2D eigenvalue weighted by Crippen LogP contribution is 2.25. The van der Waals surface area contributed by atoms with Crippen LogP contribution in [0.3, 0.4) is 0 Å². The zero-order chi connectivity index (χ0) is 14.0. The topological polar surface area (TPSA) is 89.5 Å². The Morgan fingerprint density at radius 2 is 2.32 bits per heavy atom. The number of amides is 1. The first kappa shape index (κ1) is 13.5. The third kappa shape index (κ3) is 2.73. The van der Waals surface area contributed by atoms with E-state index in [9.17, 15) is 14.9 Å². The Bertz CT molecular complexity index is 516. The lowest BCUT2D eigenvalue weighted by molar-refractivity contribution is -0.385. The molecule has 19 heavy (non-hydrogen) atoms. The van der Waals surface area contributed by atoms with Gasteiger partial charge in [-0.25, -0.2) is 0 Å². The maximum Gasteiger partial charge on any atom is 0.272 e. The number of carbonyl (C=O) groups is 1. The molecule has 1 unspecified atom stereocenters. The minimum absolute atomic E-state index is 0.118. The van der Waals surface area contributed by atoms with Crippen molar-refractivity contribution in [2.75, 3.05) is 6.54 Å². The first-order valence-electron chi connectivity index (χ1n) is 6.27. The molecule has 1 aliphatic rings. The quantitative estimate of drug-likeness (QED) is 0.656. The Balaban J connectivity index is 2.22. The molecule has 0 radical (unpaired) electrons. The molecule has 0 saturated carbocycles. The van der Waals surface area contributed by atoms with E-state index in [0.29, 0.717) is 12.1 Å². The molecule has 6 nitrogen and oxygen atoms in total. The number of nitrogens with two attached hydrogens (primary N) is 1. The second kappa shape index (κ2) is 5.36. The standard InChI is InChI=1S/C13H17N3O3/c1-9-10(4-2-5-11(9)16(18)19)8-15-7-3-6-12(15)13(14)17/h2,4-5,12H,3,6-8H2,1H3,(H2,14,17). The Labute approximate surface area is 111 Å². The van der Waals surface area contributed by atoms with Crippen molar-refractivity contribution in [3.8, 4) is 0 Å². The van der Waals surface area contributed by atoms with Gasteiger partial charge in [0.25, 0.3) is 5.69 Å². The average Bonchev–Trinajstić information content (AvgIpc) is 2.79. The van der Waals surface area contributed by atoms with Gasteiger partial charge in [-0.05, 0) is 31.9 Å². The molecule has 2 rings (SSSR count). The lowest BCUT2D eigenvalue weighted by Gasteiger charge is -2.22. The monoisotopic (exact) mass is 263 g/mol. The van der Waals surface area contributed by atoms with Gasteiger partial charge in [0.1, 0.15) is 0 Å². The number of carbonyl (C=O) groups excluding carboxylic acids is 1. The summed E-state index contributed by atoms with van der Waals surface area (Å²) in [5.74, 6) is -0.319. The zero-order valence-electron chi connectivity index (χ0n) is 10.8. The van der Waals surface area contributed by atoms with Crippen molar-refractivity contribution < 1.29 is 9.72 Å². The Kier molecular flexibility index (Phi) is 3.80. The van der Waals surface area contributed by atoms with E-state index >= 15 is 0 Å². The van der Waals surface area contributed by atoms with Gasteiger partial charge in [-0.1, -0.05) is 12.1 Å². The van der Waals surface area contributed by atoms with E-state index in [4.69, 9.17) is 5.73 Å². The van der Waals surface area contributed by atoms with Crippen LogP contribution in [0.25, 0.3) is 0 Å². The van der Waals surface area contributed by atoms with E-state index in [2.05, 4.69) is 0 Å². The maximum atomic E-state index is 11.3. The fourth-order valence-electron chi connectivity index (χ4n) is 2.60. The second-order valence-electron chi connectivity index (χ2n) is 4.85.